The Morgan fingerprint density at radius 2 is 1.75 bits per heavy atom. The van der Waals surface area contributed by atoms with Crippen LogP contribution in [0.25, 0.3) is 10.2 Å². The van der Waals surface area contributed by atoms with Crippen LogP contribution < -0.4 is 9.80 Å². The van der Waals surface area contributed by atoms with Crippen molar-refractivity contribution in [3.8, 4) is 0 Å². The van der Waals surface area contributed by atoms with Gasteiger partial charge in [-0.3, -0.25) is 24.2 Å². The summed E-state index contributed by atoms with van der Waals surface area (Å²) in [7, 11) is 0. The average Bonchev–Trinajstić information content (AvgIpc) is 3.44. The topological polar surface area (TPSA) is 73.8 Å². The summed E-state index contributed by atoms with van der Waals surface area (Å²) in [5.74, 6) is -0.574. The van der Waals surface area contributed by atoms with Crippen LogP contribution >= 0.6 is 11.3 Å². The predicted molar refractivity (Wildman–Crippen MR) is 141 cm³/mol. The van der Waals surface area contributed by atoms with Gasteiger partial charge < -0.3 is 4.90 Å². The highest BCUT2D eigenvalue weighted by Crippen LogP contribution is 2.44. The maximum atomic E-state index is 14.1. The molecule has 6 rings (SSSR count). The van der Waals surface area contributed by atoms with E-state index in [1.165, 1.54) is 11.3 Å². The molecule has 1 aromatic heterocycles. The van der Waals surface area contributed by atoms with E-state index in [1.54, 1.807) is 32.9 Å². The molecule has 0 saturated carbocycles. The molecule has 0 bridgehead atoms. The summed E-state index contributed by atoms with van der Waals surface area (Å²) in [5, 5.41) is 0.546. The van der Waals surface area contributed by atoms with Crippen LogP contribution in [0.2, 0.25) is 0 Å². The van der Waals surface area contributed by atoms with Crippen LogP contribution in [0.4, 0.5) is 16.5 Å². The Hall–Kier alpha value is -4.04. The number of thiazole rings is 1. The van der Waals surface area contributed by atoms with Gasteiger partial charge in [-0.15, -0.1) is 0 Å². The van der Waals surface area contributed by atoms with Crippen LogP contribution in [0.3, 0.4) is 0 Å². The monoisotopic (exact) mass is 496 g/mol. The maximum Gasteiger partial charge on any atom is 0.258 e. The van der Waals surface area contributed by atoms with Gasteiger partial charge in [-0.25, -0.2) is 4.98 Å². The summed E-state index contributed by atoms with van der Waals surface area (Å²) >= 11 is 1.43. The SMILES string of the molecule is Cc1ccccc1N(C(=O)CN1C(=O)c2ccccc2N2C(=O)CCC12C)c1nc2ccccc2s1. The fraction of sp³-hybridized carbons (Fsp3) is 0.214. The normalized spacial score (nSPS) is 18.9. The number of anilines is 3. The van der Waals surface area contributed by atoms with E-state index in [2.05, 4.69) is 0 Å². The van der Waals surface area contributed by atoms with Gasteiger partial charge in [0, 0.05) is 6.42 Å². The second-order valence-corrected chi connectivity index (χ2v) is 10.3. The first kappa shape index (κ1) is 22.4. The lowest BCUT2D eigenvalue weighted by molar-refractivity contribution is -0.121. The Morgan fingerprint density at radius 3 is 2.56 bits per heavy atom. The zero-order chi connectivity index (χ0) is 25.0. The van der Waals surface area contributed by atoms with Gasteiger partial charge in [0.2, 0.25) is 5.91 Å². The summed E-state index contributed by atoms with van der Waals surface area (Å²) in [5.41, 5.74) is 2.58. The first-order valence-electron chi connectivity index (χ1n) is 11.9. The first-order chi connectivity index (χ1) is 17.4. The van der Waals surface area contributed by atoms with E-state index in [0.717, 1.165) is 21.5 Å². The third-order valence-corrected chi connectivity index (χ3v) is 8.14. The van der Waals surface area contributed by atoms with Crippen molar-refractivity contribution in [3.63, 3.8) is 0 Å². The fourth-order valence-corrected chi connectivity index (χ4v) is 6.26. The number of aromatic nitrogens is 1. The van der Waals surface area contributed by atoms with Gasteiger partial charge in [-0.2, -0.15) is 0 Å². The highest BCUT2D eigenvalue weighted by Gasteiger charge is 2.53. The number of amides is 3. The van der Waals surface area contributed by atoms with Gasteiger partial charge in [-0.1, -0.05) is 53.8 Å². The predicted octanol–water partition coefficient (Wildman–Crippen LogP) is 5.27. The van der Waals surface area contributed by atoms with Crippen LogP contribution in [-0.2, 0) is 9.59 Å². The molecule has 2 aliphatic heterocycles. The number of aryl methyl sites for hydroxylation is 1. The number of hydrogen-bond donors (Lipinski definition) is 0. The average molecular weight is 497 g/mol. The minimum Gasteiger partial charge on any atom is -0.306 e. The van der Waals surface area contributed by atoms with Crippen LogP contribution in [0.15, 0.2) is 72.8 Å². The van der Waals surface area contributed by atoms with Crippen LogP contribution in [0, 0.1) is 6.92 Å². The Labute approximate surface area is 212 Å². The van der Waals surface area contributed by atoms with Crippen molar-refractivity contribution in [1.82, 2.24) is 9.88 Å². The van der Waals surface area contributed by atoms with Crippen LogP contribution in [0.1, 0.15) is 35.7 Å². The molecule has 7 nitrogen and oxygen atoms in total. The van der Waals surface area contributed by atoms with E-state index in [1.807, 2.05) is 68.4 Å². The Balaban J connectivity index is 1.44. The molecule has 180 valence electrons. The maximum absolute atomic E-state index is 14.1. The minimum absolute atomic E-state index is 0.0446. The number of fused-ring (bicyclic) bond motifs is 4. The summed E-state index contributed by atoms with van der Waals surface area (Å²) < 4.78 is 0.974. The van der Waals surface area contributed by atoms with Gasteiger partial charge in [-0.05, 0) is 56.2 Å². The highest BCUT2D eigenvalue weighted by molar-refractivity contribution is 7.22. The van der Waals surface area contributed by atoms with Crippen molar-refractivity contribution in [3.05, 3.63) is 83.9 Å². The second kappa shape index (κ2) is 8.27. The molecule has 3 heterocycles. The summed E-state index contributed by atoms with van der Waals surface area (Å²) in [6.07, 6.45) is 0.785. The second-order valence-electron chi connectivity index (χ2n) is 9.33. The molecule has 8 heteroatoms. The van der Waals surface area contributed by atoms with E-state index in [0.29, 0.717) is 29.2 Å². The zero-order valence-electron chi connectivity index (χ0n) is 20.0. The van der Waals surface area contributed by atoms with E-state index < -0.39 is 5.66 Å². The first-order valence-corrected chi connectivity index (χ1v) is 12.7. The molecule has 0 N–H and O–H groups in total. The minimum atomic E-state index is -0.914. The molecule has 36 heavy (non-hydrogen) atoms. The molecule has 1 fully saturated rings. The van der Waals surface area contributed by atoms with Gasteiger partial charge in [0.15, 0.2) is 5.13 Å². The smallest absolute Gasteiger partial charge is 0.258 e. The summed E-state index contributed by atoms with van der Waals surface area (Å²) in [6.45, 7) is 3.64. The number of para-hydroxylation sites is 3. The molecule has 0 radical (unpaired) electrons. The summed E-state index contributed by atoms with van der Waals surface area (Å²) in [6, 6.07) is 22.5. The lowest BCUT2D eigenvalue weighted by atomic mass is 9.98. The number of nitrogens with zero attached hydrogens (tertiary/aromatic N) is 4. The van der Waals surface area contributed by atoms with Crippen molar-refractivity contribution in [1.29, 1.82) is 0 Å². The van der Waals surface area contributed by atoms with Crippen molar-refractivity contribution in [2.45, 2.75) is 32.4 Å². The van der Waals surface area contributed by atoms with Gasteiger partial charge in [0.1, 0.15) is 12.2 Å². The van der Waals surface area contributed by atoms with Crippen molar-refractivity contribution >= 4 is 55.8 Å². The Kier molecular flexibility index (Phi) is 5.15. The Morgan fingerprint density at radius 1 is 1.03 bits per heavy atom. The zero-order valence-corrected chi connectivity index (χ0v) is 20.8. The van der Waals surface area contributed by atoms with E-state index in [9.17, 15) is 14.4 Å². The molecule has 1 saturated heterocycles. The number of hydrogen-bond acceptors (Lipinski definition) is 5. The molecular formula is C28H24N4O3S. The van der Waals surface area contributed by atoms with E-state index in [4.69, 9.17) is 4.98 Å². The number of carbonyl (C=O) groups excluding carboxylic acids is 3. The lowest BCUT2D eigenvalue weighted by Crippen LogP contribution is -2.63. The largest absolute Gasteiger partial charge is 0.306 e. The Bertz CT molecular complexity index is 1510. The van der Waals surface area contributed by atoms with Crippen molar-refractivity contribution in [2.24, 2.45) is 0 Å². The molecular weight excluding hydrogens is 472 g/mol. The van der Waals surface area contributed by atoms with Gasteiger partial charge >= 0.3 is 0 Å². The molecule has 3 aromatic carbocycles. The number of carbonyl (C=O) groups is 3. The molecule has 0 spiro atoms. The lowest BCUT2D eigenvalue weighted by Gasteiger charge is -2.48. The number of rotatable bonds is 4. The van der Waals surface area contributed by atoms with Gasteiger partial charge in [0.25, 0.3) is 11.8 Å². The standard InChI is InChI=1S/C28H24N4O3S/c1-18-9-3-6-12-21(18)31(27-29-20-11-5-8-14-23(20)36-27)25(34)17-30-26(35)19-10-4-7-13-22(19)32-24(33)15-16-28(30,32)2/h3-14H,15-17H2,1-2H3. The molecule has 3 amide bonds. The van der Waals surface area contributed by atoms with Gasteiger partial charge in [0.05, 0.1) is 27.2 Å². The van der Waals surface area contributed by atoms with E-state index in [-0.39, 0.29) is 24.3 Å². The highest BCUT2D eigenvalue weighted by atomic mass is 32.1. The fourth-order valence-electron chi connectivity index (χ4n) is 5.26. The quantitative estimate of drug-likeness (QED) is 0.386. The molecule has 1 atom stereocenters. The van der Waals surface area contributed by atoms with Crippen LogP contribution in [-0.4, -0.2) is 39.8 Å². The molecule has 2 aliphatic rings. The van der Waals surface area contributed by atoms with Crippen molar-refractivity contribution in [2.75, 3.05) is 16.3 Å². The third kappa shape index (κ3) is 3.32. The summed E-state index contributed by atoms with van der Waals surface area (Å²) in [4.78, 5) is 50.3. The molecule has 1 unspecified atom stereocenters. The van der Waals surface area contributed by atoms with Crippen LogP contribution in [0.5, 0.6) is 0 Å². The molecule has 4 aromatic rings. The van der Waals surface area contributed by atoms with E-state index >= 15 is 0 Å². The third-order valence-electron chi connectivity index (χ3n) is 7.12. The van der Waals surface area contributed by atoms with Crippen molar-refractivity contribution < 1.29 is 14.4 Å². The number of benzene rings is 3. The molecule has 0 aliphatic carbocycles.